The van der Waals surface area contributed by atoms with Crippen molar-refractivity contribution in [3.63, 3.8) is 0 Å². The lowest BCUT2D eigenvalue weighted by molar-refractivity contribution is 0.0570. The largest absolute Gasteiger partial charge is 0.329 e. The highest BCUT2D eigenvalue weighted by Gasteiger charge is 2.26. The lowest BCUT2D eigenvalue weighted by Gasteiger charge is -2.21. The Balaban J connectivity index is 2.10. The number of alkyl halides is 2. The maximum absolute atomic E-state index is 13.1. The molecule has 0 aliphatic heterocycles. The zero-order valence-electron chi connectivity index (χ0n) is 16.7. The first-order valence-electron chi connectivity index (χ1n) is 9.06. The molecule has 3 aromatic rings. The fraction of sp³-hybridized carbons (Fsp3) is 0.227. The second-order valence-corrected chi connectivity index (χ2v) is 7.74. The van der Waals surface area contributed by atoms with E-state index in [0.717, 1.165) is 12.0 Å². The lowest BCUT2D eigenvalue weighted by Crippen LogP contribution is -2.26. The number of nitrogens with one attached hydrogen (secondary N) is 2. The summed E-state index contributed by atoms with van der Waals surface area (Å²) in [6, 6.07) is 12.3. The van der Waals surface area contributed by atoms with E-state index in [2.05, 4.69) is 16.8 Å². The number of hydrogen-bond donors (Lipinski definition) is 2. The van der Waals surface area contributed by atoms with Crippen molar-refractivity contribution in [3.05, 3.63) is 58.7 Å². The predicted molar refractivity (Wildman–Crippen MR) is 116 cm³/mol. The number of anilines is 2. The third kappa shape index (κ3) is 4.19. The first-order chi connectivity index (χ1) is 14.1. The SMILES string of the molecule is CN(c1cccc(C#CC(C)(C)C(F)F)c1)c1nc(=N)n(C=N)c2cc(Cl)ccc12. The molecule has 0 aliphatic carbocycles. The van der Waals surface area contributed by atoms with Gasteiger partial charge in [-0.25, -0.2) is 8.78 Å². The summed E-state index contributed by atoms with van der Waals surface area (Å²) < 4.78 is 27.4. The number of halogens is 3. The monoisotopic (exact) mass is 427 g/mol. The Morgan fingerprint density at radius 2 is 1.97 bits per heavy atom. The van der Waals surface area contributed by atoms with Crippen molar-refractivity contribution in [3.8, 4) is 11.8 Å². The van der Waals surface area contributed by atoms with Crippen LogP contribution in [-0.2, 0) is 0 Å². The zero-order valence-corrected chi connectivity index (χ0v) is 17.4. The minimum absolute atomic E-state index is 0.115. The number of fused-ring (bicyclic) bond motifs is 1. The van der Waals surface area contributed by atoms with E-state index in [1.54, 1.807) is 48.3 Å². The van der Waals surface area contributed by atoms with Gasteiger partial charge in [0.25, 0.3) is 6.43 Å². The molecule has 3 rings (SSSR count). The fourth-order valence-corrected chi connectivity index (χ4v) is 2.98. The van der Waals surface area contributed by atoms with Crippen LogP contribution in [-0.4, -0.2) is 29.4 Å². The van der Waals surface area contributed by atoms with E-state index in [-0.39, 0.29) is 5.62 Å². The molecule has 0 saturated carbocycles. The molecule has 0 amide bonds. The third-order valence-electron chi connectivity index (χ3n) is 4.66. The minimum Gasteiger partial charge on any atom is -0.329 e. The van der Waals surface area contributed by atoms with E-state index >= 15 is 0 Å². The van der Waals surface area contributed by atoms with Crippen molar-refractivity contribution in [2.75, 3.05) is 11.9 Å². The molecule has 30 heavy (non-hydrogen) atoms. The highest BCUT2D eigenvalue weighted by molar-refractivity contribution is 6.31. The van der Waals surface area contributed by atoms with E-state index in [1.807, 2.05) is 6.07 Å². The van der Waals surface area contributed by atoms with Crippen molar-refractivity contribution in [2.45, 2.75) is 20.3 Å². The Bertz CT molecular complexity index is 1240. The Kier molecular flexibility index (Phi) is 5.90. The Labute approximate surface area is 178 Å². The molecular formula is C22H20ClF2N5. The van der Waals surface area contributed by atoms with Gasteiger partial charge in [-0.15, -0.1) is 0 Å². The normalized spacial score (nSPS) is 11.3. The number of benzene rings is 2. The van der Waals surface area contributed by atoms with E-state index in [4.69, 9.17) is 22.4 Å². The Hall–Kier alpha value is -3.24. The topological polar surface area (TPSA) is 68.8 Å². The van der Waals surface area contributed by atoms with Crippen LogP contribution in [0.5, 0.6) is 0 Å². The van der Waals surface area contributed by atoms with Crippen molar-refractivity contribution < 1.29 is 8.78 Å². The molecular weight excluding hydrogens is 408 g/mol. The average molecular weight is 428 g/mol. The van der Waals surface area contributed by atoms with Crippen molar-refractivity contribution in [2.24, 2.45) is 5.41 Å². The van der Waals surface area contributed by atoms with Gasteiger partial charge in [0.2, 0.25) is 5.62 Å². The second kappa shape index (κ2) is 8.25. The summed E-state index contributed by atoms with van der Waals surface area (Å²) in [5.41, 5.74) is 0.383. The molecule has 1 aromatic heterocycles. The molecule has 0 atom stereocenters. The Morgan fingerprint density at radius 3 is 2.63 bits per heavy atom. The molecule has 8 heteroatoms. The molecule has 2 aromatic carbocycles. The van der Waals surface area contributed by atoms with Gasteiger partial charge in [-0.2, -0.15) is 4.98 Å². The van der Waals surface area contributed by atoms with Crippen LogP contribution < -0.4 is 10.5 Å². The molecule has 0 saturated heterocycles. The maximum Gasteiger partial charge on any atom is 0.254 e. The van der Waals surface area contributed by atoms with E-state index in [0.29, 0.717) is 27.3 Å². The predicted octanol–water partition coefficient (Wildman–Crippen LogP) is 5.04. The molecule has 0 fully saturated rings. The van der Waals surface area contributed by atoms with E-state index < -0.39 is 11.8 Å². The first-order valence-corrected chi connectivity index (χ1v) is 9.44. The average Bonchev–Trinajstić information content (AvgIpc) is 2.71. The summed E-state index contributed by atoms with van der Waals surface area (Å²) in [6.45, 7) is 2.81. The van der Waals surface area contributed by atoms with Gasteiger partial charge in [0.1, 0.15) is 5.82 Å². The molecule has 154 valence electrons. The van der Waals surface area contributed by atoms with Crippen molar-refractivity contribution in [1.82, 2.24) is 9.55 Å². The van der Waals surface area contributed by atoms with Crippen LogP contribution in [0.25, 0.3) is 10.9 Å². The molecule has 0 spiro atoms. The van der Waals surface area contributed by atoms with Crippen molar-refractivity contribution in [1.29, 1.82) is 10.8 Å². The molecule has 0 radical (unpaired) electrons. The summed E-state index contributed by atoms with van der Waals surface area (Å²) in [6.07, 6.45) is -1.53. The van der Waals surface area contributed by atoms with Crippen LogP contribution in [0.3, 0.4) is 0 Å². The minimum atomic E-state index is -2.54. The molecule has 0 aliphatic rings. The first kappa shape index (κ1) is 21.5. The maximum atomic E-state index is 13.1. The van der Waals surface area contributed by atoms with Gasteiger partial charge in [0, 0.05) is 28.7 Å². The summed E-state index contributed by atoms with van der Waals surface area (Å²) in [5.74, 6) is 5.96. The molecule has 1 heterocycles. The van der Waals surface area contributed by atoms with Gasteiger partial charge >= 0.3 is 0 Å². The Morgan fingerprint density at radius 1 is 1.23 bits per heavy atom. The molecule has 0 bridgehead atoms. The summed E-state index contributed by atoms with van der Waals surface area (Å²) >= 11 is 6.11. The van der Waals surface area contributed by atoms with Crippen LogP contribution in [0.1, 0.15) is 19.4 Å². The fourth-order valence-electron chi connectivity index (χ4n) is 2.81. The third-order valence-corrected chi connectivity index (χ3v) is 4.89. The lowest BCUT2D eigenvalue weighted by atomic mass is 9.95. The van der Waals surface area contributed by atoms with Gasteiger partial charge in [-0.3, -0.25) is 15.4 Å². The van der Waals surface area contributed by atoms with Gasteiger partial charge in [-0.1, -0.05) is 29.5 Å². The van der Waals surface area contributed by atoms with Gasteiger partial charge in [0.15, 0.2) is 0 Å². The number of aromatic nitrogens is 2. The van der Waals surface area contributed by atoms with Gasteiger partial charge < -0.3 is 4.90 Å². The summed E-state index contributed by atoms with van der Waals surface area (Å²) in [4.78, 5) is 6.13. The van der Waals surface area contributed by atoms with Gasteiger partial charge in [-0.05, 0) is 50.2 Å². The van der Waals surface area contributed by atoms with Crippen LogP contribution in [0.15, 0.2) is 42.5 Å². The van der Waals surface area contributed by atoms with Crippen LogP contribution in [0.2, 0.25) is 5.02 Å². The zero-order chi connectivity index (χ0) is 22.1. The summed E-state index contributed by atoms with van der Waals surface area (Å²) in [7, 11) is 1.79. The number of hydrogen-bond acceptors (Lipinski definition) is 4. The van der Waals surface area contributed by atoms with E-state index in [1.165, 1.54) is 18.4 Å². The second-order valence-electron chi connectivity index (χ2n) is 7.30. The number of nitrogens with zero attached hydrogens (tertiary/aromatic N) is 3. The van der Waals surface area contributed by atoms with Crippen LogP contribution in [0.4, 0.5) is 20.3 Å². The number of rotatable bonds is 4. The van der Waals surface area contributed by atoms with Crippen LogP contribution >= 0.6 is 11.6 Å². The highest BCUT2D eigenvalue weighted by atomic mass is 35.5. The van der Waals surface area contributed by atoms with E-state index in [9.17, 15) is 8.78 Å². The molecule has 2 N–H and O–H groups in total. The van der Waals surface area contributed by atoms with Crippen LogP contribution in [0, 0.1) is 28.1 Å². The quantitative estimate of drug-likeness (QED) is 0.348. The van der Waals surface area contributed by atoms with Crippen molar-refractivity contribution >= 4 is 40.3 Å². The highest BCUT2D eigenvalue weighted by Crippen LogP contribution is 2.30. The standard InChI is InChI=1S/C22H20ClF2N5/c1-22(2,20(24)25)10-9-14-5-4-6-16(11-14)29(3)19-17-8-7-15(23)12-18(17)30(13-26)21(27)28-19/h4-8,11-13,20,26-27H,1-3H3. The smallest absolute Gasteiger partial charge is 0.254 e. The molecule has 5 nitrogen and oxygen atoms in total. The van der Waals surface area contributed by atoms with Gasteiger partial charge in [0.05, 0.1) is 17.3 Å². The summed E-state index contributed by atoms with van der Waals surface area (Å²) in [5, 5.41) is 16.9. The molecule has 0 unspecified atom stereocenters.